The molecule has 0 heterocycles. The summed E-state index contributed by atoms with van der Waals surface area (Å²) in [7, 11) is 0. The van der Waals surface area contributed by atoms with Gasteiger partial charge in [-0.15, -0.1) is 0 Å². The van der Waals surface area contributed by atoms with Gasteiger partial charge in [0.1, 0.15) is 0 Å². The number of allylic oxidation sites excluding steroid dienone is 2. The van der Waals surface area contributed by atoms with E-state index in [9.17, 15) is 19.5 Å². The molecule has 0 bridgehead atoms. The van der Waals surface area contributed by atoms with Crippen LogP contribution in [0.1, 0.15) is 136 Å². The van der Waals surface area contributed by atoms with Crippen LogP contribution >= 0.6 is 0 Å². The number of aliphatic hydroxyl groups is 1. The summed E-state index contributed by atoms with van der Waals surface area (Å²) in [5, 5.41) is 9.59. The minimum absolute atomic E-state index is 0. The van der Waals surface area contributed by atoms with Gasteiger partial charge in [-0.1, -0.05) is 99.0 Å². The molecule has 0 aliphatic heterocycles. The highest BCUT2D eigenvalue weighted by molar-refractivity contribution is 5.82. The number of hydrogen-bond acceptors (Lipinski definition) is 6. The molecule has 0 spiro atoms. The molecule has 6 heteroatoms. The van der Waals surface area contributed by atoms with Crippen LogP contribution in [0.15, 0.2) is 22.3 Å². The Balaban J connectivity index is 0.000000350. The van der Waals surface area contributed by atoms with Crippen LogP contribution in [0.4, 0.5) is 0 Å². The van der Waals surface area contributed by atoms with Crippen LogP contribution < -0.4 is 0 Å². The van der Waals surface area contributed by atoms with E-state index in [1.807, 2.05) is 0 Å². The summed E-state index contributed by atoms with van der Waals surface area (Å²) >= 11 is 0. The molecule has 0 saturated carbocycles. The normalized spacial score (nSPS) is 29.0. The number of aliphatic hydroxyl groups excluding tert-OH is 1. The summed E-state index contributed by atoms with van der Waals surface area (Å²) in [5.74, 6) is 0.908. The van der Waals surface area contributed by atoms with Crippen molar-refractivity contribution in [2.45, 2.75) is 136 Å². The molecule has 4 atom stereocenters. The van der Waals surface area contributed by atoms with Gasteiger partial charge in [-0.05, 0) is 72.0 Å². The molecule has 0 saturated heterocycles. The highest BCUT2D eigenvalue weighted by Gasteiger charge is 2.53. The fraction of sp³-hybridized carbons (Fsp3) is 0.811. The van der Waals surface area contributed by atoms with E-state index < -0.39 is 11.9 Å². The molecule has 0 fully saturated rings. The number of ether oxygens (including phenoxy) is 2. The molecular formula is C37H64O6. The molecule has 4 rings (SSSR count). The van der Waals surface area contributed by atoms with E-state index in [0.29, 0.717) is 42.3 Å². The number of rotatable bonds is 3. The average Bonchev–Trinajstić information content (AvgIpc) is 3.12. The number of esters is 3. The molecule has 1 N–H and O–H groups in total. The van der Waals surface area contributed by atoms with Crippen molar-refractivity contribution >= 4 is 17.9 Å². The Labute approximate surface area is 263 Å². The Kier molecular flexibility index (Phi) is 13.1. The topological polar surface area (TPSA) is 89.9 Å². The third kappa shape index (κ3) is 8.02. The van der Waals surface area contributed by atoms with Gasteiger partial charge in [0.15, 0.2) is 0 Å². The number of carbonyl (C=O) groups excluding carboxylic acids is 3. The van der Waals surface area contributed by atoms with E-state index in [1.54, 1.807) is 22.3 Å². The van der Waals surface area contributed by atoms with E-state index in [4.69, 9.17) is 4.74 Å². The van der Waals surface area contributed by atoms with Gasteiger partial charge in [-0.2, -0.15) is 0 Å². The van der Waals surface area contributed by atoms with Gasteiger partial charge in [-0.3, -0.25) is 14.4 Å². The molecule has 0 aromatic rings. The van der Waals surface area contributed by atoms with Crippen LogP contribution in [0, 0.1) is 45.3 Å². The molecule has 0 radical (unpaired) electrons. The first kappa shape index (κ1) is 39.1. The van der Waals surface area contributed by atoms with E-state index in [2.05, 4.69) is 74.0 Å². The van der Waals surface area contributed by atoms with Crippen LogP contribution in [0.3, 0.4) is 0 Å². The van der Waals surface area contributed by atoms with E-state index in [1.165, 1.54) is 59.3 Å². The van der Waals surface area contributed by atoms with Crippen molar-refractivity contribution in [3.8, 4) is 0 Å². The molecule has 43 heavy (non-hydrogen) atoms. The smallest absolute Gasteiger partial charge is 0.310 e. The van der Waals surface area contributed by atoms with Crippen LogP contribution in [-0.4, -0.2) is 36.2 Å². The summed E-state index contributed by atoms with van der Waals surface area (Å²) in [5.41, 5.74) is 7.61. The minimum atomic E-state index is -0.562. The third-order valence-corrected chi connectivity index (χ3v) is 11.7. The molecular weight excluding hydrogens is 540 g/mol. The Morgan fingerprint density at radius 1 is 0.674 bits per heavy atom. The van der Waals surface area contributed by atoms with Crippen LogP contribution in [0.5, 0.6) is 0 Å². The molecule has 248 valence electrons. The van der Waals surface area contributed by atoms with Gasteiger partial charge in [0.25, 0.3) is 0 Å². The van der Waals surface area contributed by atoms with Crippen molar-refractivity contribution in [1.29, 1.82) is 0 Å². The maximum absolute atomic E-state index is 11.1. The highest BCUT2D eigenvalue weighted by atomic mass is 16.6. The average molecular weight is 605 g/mol. The van der Waals surface area contributed by atoms with Crippen molar-refractivity contribution < 1.29 is 29.0 Å². The van der Waals surface area contributed by atoms with Crippen molar-refractivity contribution in [3.63, 3.8) is 0 Å². The van der Waals surface area contributed by atoms with E-state index in [0.717, 1.165) is 0 Å². The van der Waals surface area contributed by atoms with Gasteiger partial charge in [0.2, 0.25) is 0 Å². The molecule has 0 aromatic carbocycles. The van der Waals surface area contributed by atoms with Crippen LogP contribution in [-0.2, 0) is 23.9 Å². The van der Waals surface area contributed by atoms with Gasteiger partial charge >= 0.3 is 17.9 Å². The quantitative estimate of drug-likeness (QED) is 0.197. The molecule has 4 aliphatic rings. The standard InChI is InChI=1S/C17H28O2.C15H26O.C4H6O3.CH4/c1-11-16(3,4)14-9-7-8-13(10-19-12(2)18)15(14)17(11,5)6;1-10-14(2,3)12-8-6-7-11(9-16)13(12)15(10,4)5;1-3(5)7-4(2)6;/h11,13H,7-10H2,1-6H3;10-11,16H,6-9H2,1-5H3;1-2H3;1H4. The van der Waals surface area contributed by atoms with Crippen molar-refractivity contribution in [2.75, 3.05) is 13.2 Å². The Bertz CT molecular complexity index is 1070. The molecule has 4 aliphatic carbocycles. The SMILES string of the molecule is C.CC(=O)OC(C)=O.CC(=O)OCC1CCCC2=C1C(C)(C)C(C)C2(C)C.CC1C(C)(C)C2=C(C(CO)CCC2)C1(C)C. The monoisotopic (exact) mass is 604 g/mol. The summed E-state index contributed by atoms with van der Waals surface area (Å²) in [6, 6.07) is 0. The predicted molar refractivity (Wildman–Crippen MR) is 175 cm³/mol. The van der Waals surface area contributed by atoms with Gasteiger partial charge in [0, 0.05) is 39.2 Å². The summed E-state index contributed by atoms with van der Waals surface area (Å²) in [6.45, 7) is 28.6. The molecule has 4 unspecified atom stereocenters. The van der Waals surface area contributed by atoms with Crippen LogP contribution in [0.2, 0.25) is 0 Å². The van der Waals surface area contributed by atoms with E-state index >= 15 is 0 Å². The first-order valence-electron chi connectivity index (χ1n) is 16.1. The minimum Gasteiger partial charge on any atom is -0.465 e. The largest absolute Gasteiger partial charge is 0.465 e. The van der Waals surface area contributed by atoms with Gasteiger partial charge in [0.05, 0.1) is 6.61 Å². The second-order valence-corrected chi connectivity index (χ2v) is 15.4. The van der Waals surface area contributed by atoms with E-state index in [-0.39, 0.29) is 29.6 Å². The fourth-order valence-electron chi connectivity index (χ4n) is 8.83. The van der Waals surface area contributed by atoms with Crippen LogP contribution in [0.25, 0.3) is 0 Å². The molecule has 6 nitrogen and oxygen atoms in total. The first-order chi connectivity index (χ1) is 19.1. The Morgan fingerprint density at radius 3 is 1.37 bits per heavy atom. The van der Waals surface area contributed by atoms with Crippen molar-refractivity contribution in [1.82, 2.24) is 0 Å². The lowest BCUT2D eigenvalue weighted by Crippen LogP contribution is -2.30. The highest BCUT2D eigenvalue weighted by Crippen LogP contribution is 2.63. The first-order valence-corrected chi connectivity index (χ1v) is 16.1. The van der Waals surface area contributed by atoms with Gasteiger partial charge < -0.3 is 14.6 Å². The van der Waals surface area contributed by atoms with Crippen molar-refractivity contribution in [2.24, 2.45) is 45.3 Å². The Morgan fingerprint density at radius 2 is 1.05 bits per heavy atom. The lowest BCUT2D eigenvalue weighted by molar-refractivity contribution is -0.156. The zero-order valence-electron chi connectivity index (χ0n) is 29.0. The zero-order chi connectivity index (χ0) is 32.4. The van der Waals surface area contributed by atoms with Crippen molar-refractivity contribution in [3.05, 3.63) is 22.3 Å². The summed E-state index contributed by atoms with van der Waals surface area (Å²) in [6.07, 6.45) is 7.33. The number of carbonyl (C=O) groups is 3. The number of hydrogen-bond donors (Lipinski definition) is 1. The van der Waals surface area contributed by atoms with Gasteiger partial charge in [-0.25, -0.2) is 0 Å². The maximum atomic E-state index is 11.1. The second-order valence-electron chi connectivity index (χ2n) is 15.4. The Hall–Kier alpha value is -1.95. The molecule has 0 amide bonds. The lowest BCUT2D eigenvalue weighted by atomic mass is 9.68. The summed E-state index contributed by atoms with van der Waals surface area (Å²) < 4.78 is 9.29. The predicted octanol–water partition coefficient (Wildman–Crippen LogP) is 8.86. The zero-order valence-corrected chi connectivity index (χ0v) is 29.0. The summed E-state index contributed by atoms with van der Waals surface area (Å²) in [4.78, 5) is 30.7. The third-order valence-electron chi connectivity index (χ3n) is 11.7. The second kappa shape index (κ2) is 14.4. The lowest BCUT2D eigenvalue weighted by Gasteiger charge is -2.36. The fourth-order valence-corrected chi connectivity index (χ4v) is 8.83. The maximum Gasteiger partial charge on any atom is 0.310 e. The molecule has 0 aromatic heterocycles.